The van der Waals surface area contributed by atoms with Gasteiger partial charge in [-0.1, -0.05) is 12.1 Å². The van der Waals surface area contributed by atoms with Gasteiger partial charge in [0.1, 0.15) is 5.82 Å². The van der Waals surface area contributed by atoms with Gasteiger partial charge in [-0.05, 0) is 43.3 Å². The molecule has 0 N–H and O–H groups in total. The molecular weight excluding hydrogens is 440 g/mol. The SMILES string of the molecule is CC(=O)c1ccc(-n2c(-c3cc([N+](=O)[O-])cc([N+](=O)[O-])c3)nc3nc4ccccc4nc32)cc1. The van der Waals surface area contributed by atoms with Gasteiger partial charge >= 0.3 is 0 Å². The van der Waals surface area contributed by atoms with E-state index in [9.17, 15) is 25.0 Å². The first-order chi connectivity index (χ1) is 16.3. The van der Waals surface area contributed by atoms with Crippen molar-refractivity contribution in [1.82, 2.24) is 19.5 Å². The van der Waals surface area contributed by atoms with E-state index in [1.54, 1.807) is 41.0 Å². The summed E-state index contributed by atoms with van der Waals surface area (Å²) in [6, 6.07) is 17.2. The number of fused-ring (bicyclic) bond motifs is 2. The van der Waals surface area contributed by atoms with Crippen LogP contribution in [0.3, 0.4) is 0 Å². The number of non-ortho nitro benzene ring substituents is 2. The summed E-state index contributed by atoms with van der Waals surface area (Å²) in [7, 11) is 0. The number of rotatable bonds is 5. The highest BCUT2D eigenvalue weighted by Crippen LogP contribution is 2.33. The van der Waals surface area contributed by atoms with Crippen LogP contribution in [0.15, 0.2) is 66.7 Å². The van der Waals surface area contributed by atoms with Crippen molar-refractivity contribution in [2.75, 3.05) is 0 Å². The van der Waals surface area contributed by atoms with Crippen molar-refractivity contribution in [3.63, 3.8) is 0 Å². The maximum atomic E-state index is 11.7. The van der Waals surface area contributed by atoms with E-state index in [1.165, 1.54) is 19.1 Å². The van der Waals surface area contributed by atoms with Crippen LogP contribution >= 0.6 is 0 Å². The quantitative estimate of drug-likeness (QED) is 0.212. The van der Waals surface area contributed by atoms with Crippen LogP contribution in [0.2, 0.25) is 0 Å². The average molecular weight is 454 g/mol. The fourth-order valence-electron chi connectivity index (χ4n) is 3.68. The molecule has 0 bridgehead atoms. The summed E-state index contributed by atoms with van der Waals surface area (Å²) in [5.41, 5.74) is 2.15. The second kappa shape index (κ2) is 7.81. The number of nitrogens with zero attached hydrogens (tertiary/aromatic N) is 6. The minimum absolute atomic E-state index is 0.109. The Hall–Kier alpha value is -5.06. The number of Topliss-reactive ketones (excluding diaryl/α,β-unsaturated/α-hetero) is 1. The molecule has 3 aromatic carbocycles. The number of carbonyl (C=O) groups excluding carboxylic acids is 1. The zero-order valence-corrected chi connectivity index (χ0v) is 17.6. The molecule has 11 nitrogen and oxygen atoms in total. The summed E-state index contributed by atoms with van der Waals surface area (Å²) in [6.07, 6.45) is 0. The van der Waals surface area contributed by atoms with Crippen LogP contribution in [0.4, 0.5) is 11.4 Å². The Labute approximate surface area is 190 Å². The molecule has 5 aromatic rings. The number of ketones is 1. The van der Waals surface area contributed by atoms with Crippen LogP contribution in [0, 0.1) is 20.2 Å². The van der Waals surface area contributed by atoms with Crippen molar-refractivity contribution < 1.29 is 14.6 Å². The van der Waals surface area contributed by atoms with Gasteiger partial charge in [-0.3, -0.25) is 29.6 Å². The standard InChI is InChI=1S/C23H14N6O5/c1-13(30)14-6-8-16(9-7-14)27-22(15-10-17(28(31)32)12-18(11-15)29(33)34)26-21-23(27)25-20-5-3-2-4-19(20)24-21/h2-12H,1H3. The van der Waals surface area contributed by atoms with Gasteiger partial charge in [-0.25, -0.2) is 15.0 Å². The number of hydrogen-bond donors (Lipinski definition) is 0. The Bertz CT molecular complexity index is 1610. The summed E-state index contributed by atoms with van der Waals surface area (Å²) < 4.78 is 1.61. The van der Waals surface area contributed by atoms with E-state index in [0.29, 0.717) is 27.9 Å². The van der Waals surface area contributed by atoms with Gasteiger partial charge < -0.3 is 0 Å². The molecule has 5 rings (SSSR count). The highest BCUT2D eigenvalue weighted by molar-refractivity contribution is 5.94. The average Bonchev–Trinajstić information content (AvgIpc) is 3.20. The molecule has 0 atom stereocenters. The first kappa shape index (κ1) is 20.8. The van der Waals surface area contributed by atoms with Crippen molar-refractivity contribution in [3.8, 4) is 17.1 Å². The Kier molecular flexibility index (Phi) is 4.79. The number of nitro benzene ring substituents is 2. The number of imidazole rings is 1. The minimum Gasteiger partial charge on any atom is -0.295 e. The number of aromatic nitrogens is 4. The van der Waals surface area contributed by atoms with Crippen LogP contribution in [-0.2, 0) is 0 Å². The zero-order valence-electron chi connectivity index (χ0n) is 17.6. The lowest BCUT2D eigenvalue weighted by Gasteiger charge is -2.10. The molecule has 11 heteroatoms. The second-order valence-corrected chi connectivity index (χ2v) is 7.49. The largest absolute Gasteiger partial charge is 0.295 e. The van der Waals surface area contributed by atoms with E-state index >= 15 is 0 Å². The van der Waals surface area contributed by atoms with E-state index in [4.69, 9.17) is 0 Å². The molecule has 0 radical (unpaired) electrons. The van der Waals surface area contributed by atoms with Gasteiger partial charge in [-0.15, -0.1) is 0 Å². The Morgan fingerprint density at radius 3 is 1.97 bits per heavy atom. The molecule has 0 amide bonds. The highest BCUT2D eigenvalue weighted by atomic mass is 16.6. The first-order valence-electron chi connectivity index (χ1n) is 10.0. The number of hydrogen-bond acceptors (Lipinski definition) is 8. The fourth-order valence-corrected chi connectivity index (χ4v) is 3.68. The normalized spacial score (nSPS) is 11.1. The smallest absolute Gasteiger partial charge is 0.277 e. The predicted octanol–water partition coefficient (Wildman–Crippen LogP) is 4.65. The van der Waals surface area contributed by atoms with Crippen molar-refractivity contribution >= 4 is 39.5 Å². The molecule has 0 aliphatic heterocycles. The highest BCUT2D eigenvalue weighted by Gasteiger charge is 2.23. The molecule has 0 spiro atoms. The van der Waals surface area contributed by atoms with Gasteiger partial charge in [0.15, 0.2) is 17.1 Å². The lowest BCUT2D eigenvalue weighted by Crippen LogP contribution is -2.01. The number of carbonyl (C=O) groups is 1. The summed E-state index contributed by atoms with van der Waals surface area (Å²) in [4.78, 5) is 47.0. The molecule has 2 aromatic heterocycles. The molecule has 0 unspecified atom stereocenters. The van der Waals surface area contributed by atoms with Crippen molar-refractivity contribution in [3.05, 3.63) is 92.5 Å². The molecule has 34 heavy (non-hydrogen) atoms. The third kappa shape index (κ3) is 3.50. The summed E-state index contributed by atoms with van der Waals surface area (Å²) >= 11 is 0. The molecule has 166 valence electrons. The maximum Gasteiger partial charge on any atom is 0.277 e. The van der Waals surface area contributed by atoms with E-state index in [0.717, 1.165) is 6.07 Å². The van der Waals surface area contributed by atoms with Crippen LogP contribution < -0.4 is 0 Å². The van der Waals surface area contributed by atoms with Gasteiger partial charge in [0.25, 0.3) is 11.4 Å². The minimum atomic E-state index is -0.698. The van der Waals surface area contributed by atoms with Crippen molar-refractivity contribution in [2.45, 2.75) is 6.92 Å². The summed E-state index contributed by atoms with van der Waals surface area (Å²) in [5.74, 6) is 0.0787. The van der Waals surface area contributed by atoms with Gasteiger partial charge in [0.05, 0.1) is 26.9 Å². The zero-order chi connectivity index (χ0) is 24.0. The Morgan fingerprint density at radius 2 is 1.41 bits per heavy atom. The molecule has 2 heterocycles. The lowest BCUT2D eigenvalue weighted by molar-refractivity contribution is -0.394. The van der Waals surface area contributed by atoms with E-state index in [-0.39, 0.29) is 22.8 Å². The van der Waals surface area contributed by atoms with Crippen molar-refractivity contribution in [2.24, 2.45) is 0 Å². The first-order valence-corrected chi connectivity index (χ1v) is 10.0. The topological polar surface area (TPSA) is 147 Å². The molecular formula is C23H14N6O5. The lowest BCUT2D eigenvalue weighted by atomic mass is 10.1. The number of benzene rings is 3. The van der Waals surface area contributed by atoms with E-state index in [1.807, 2.05) is 12.1 Å². The Morgan fingerprint density at radius 1 is 0.824 bits per heavy atom. The monoisotopic (exact) mass is 454 g/mol. The third-order valence-electron chi connectivity index (χ3n) is 5.28. The van der Waals surface area contributed by atoms with Gasteiger partial charge in [0, 0.05) is 28.9 Å². The summed E-state index contributed by atoms with van der Waals surface area (Å²) in [5, 5.41) is 22.9. The predicted molar refractivity (Wildman–Crippen MR) is 123 cm³/mol. The number of para-hydroxylation sites is 2. The van der Waals surface area contributed by atoms with Crippen molar-refractivity contribution in [1.29, 1.82) is 0 Å². The van der Waals surface area contributed by atoms with Crippen LogP contribution in [0.1, 0.15) is 17.3 Å². The van der Waals surface area contributed by atoms with Crippen LogP contribution in [0.25, 0.3) is 39.4 Å². The van der Waals surface area contributed by atoms with E-state index in [2.05, 4.69) is 15.0 Å². The third-order valence-corrected chi connectivity index (χ3v) is 5.28. The molecule has 0 saturated carbocycles. The molecule has 0 fully saturated rings. The van der Waals surface area contributed by atoms with Gasteiger partial charge in [-0.2, -0.15) is 0 Å². The molecule has 0 saturated heterocycles. The van der Waals surface area contributed by atoms with Crippen LogP contribution in [-0.4, -0.2) is 35.1 Å². The van der Waals surface area contributed by atoms with Gasteiger partial charge in [0.2, 0.25) is 0 Å². The summed E-state index contributed by atoms with van der Waals surface area (Å²) in [6.45, 7) is 1.45. The second-order valence-electron chi connectivity index (χ2n) is 7.49. The fraction of sp³-hybridized carbons (Fsp3) is 0.0435. The molecule has 0 aliphatic rings. The van der Waals surface area contributed by atoms with E-state index < -0.39 is 21.2 Å². The molecule has 0 aliphatic carbocycles. The van der Waals surface area contributed by atoms with Crippen LogP contribution in [0.5, 0.6) is 0 Å². The Balaban J connectivity index is 1.85. The maximum absolute atomic E-state index is 11.7. The number of nitro groups is 2.